The minimum atomic E-state index is 0.301. The molecule has 84 valence electrons. The van der Waals surface area contributed by atoms with Crippen molar-refractivity contribution in [3.05, 3.63) is 23.9 Å². The first-order valence-corrected chi connectivity index (χ1v) is 6.33. The first kappa shape index (κ1) is 12.4. The molecule has 2 nitrogen and oxygen atoms in total. The number of aromatic nitrogens is 1. The van der Waals surface area contributed by atoms with Crippen LogP contribution in [-0.2, 0) is 5.75 Å². The Morgan fingerprint density at radius 1 is 1.33 bits per heavy atom. The van der Waals surface area contributed by atoms with E-state index in [1.807, 2.05) is 17.8 Å². The molecule has 0 spiro atoms. The fourth-order valence-electron chi connectivity index (χ4n) is 1.13. The van der Waals surface area contributed by atoms with E-state index in [4.69, 9.17) is 0 Å². The van der Waals surface area contributed by atoms with Crippen molar-refractivity contribution in [2.45, 2.75) is 38.2 Å². The molecule has 1 heterocycles. The molecule has 0 aromatic carbocycles. The molecule has 1 rings (SSSR count). The van der Waals surface area contributed by atoms with Crippen molar-refractivity contribution in [1.29, 1.82) is 0 Å². The summed E-state index contributed by atoms with van der Waals surface area (Å²) in [5.74, 6) is 1.95. The molecule has 0 amide bonds. The molecule has 0 unspecified atom stereocenters. The molecule has 15 heavy (non-hydrogen) atoms. The normalized spacial score (nSPS) is 11.5. The van der Waals surface area contributed by atoms with E-state index in [-0.39, 0.29) is 0 Å². The predicted octanol–water partition coefficient (Wildman–Crippen LogP) is 3.55. The van der Waals surface area contributed by atoms with Crippen molar-refractivity contribution in [2.24, 2.45) is 0 Å². The second kappa shape index (κ2) is 5.40. The van der Waals surface area contributed by atoms with E-state index in [0.717, 1.165) is 23.8 Å². The van der Waals surface area contributed by atoms with Gasteiger partial charge in [-0.15, -0.1) is 11.8 Å². The van der Waals surface area contributed by atoms with Gasteiger partial charge in [0, 0.05) is 17.0 Å². The van der Waals surface area contributed by atoms with Gasteiger partial charge in [0.2, 0.25) is 0 Å². The van der Waals surface area contributed by atoms with E-state index in [1.54, 1.807) is 0 Å². The van der Waals surface area contributed by atoms with Crippen LogP contribution in [0.4, 0.5) is 5.82 Å². The maximum atomic E-state index is 4.53. The first-order chi connectivity index (χ1) is 7.01. The fourth-order valence-corrected chi connectivity index (χ4v) is 1.87. The molecule has 0 aliphatic rings. The molecule has 0 aliphatic heterocycles. The standard InChI is InChI=1S/C12H20N2S/c1-5-13-11-8-6-7-10(14-11)9-15-12(2,3)4/h6-8H,5,9H2,1-4H3,(H,13,14). The first-order valence-electron chi connectivity index (χ1n) is 5.35. The summed E-state index contributed by atoms with van der Waals surface area (Å²) in [6, 6.07) is 6.15. The van der Waals surface area contributed by atoms with Gasteiger partial charge in [-0.05, 0) is 19.1 Å². The Bertz CT molecular complexity index is 305. The van der Waals surface area contributed by atoms with Crippen molar-refractivity contribution in [3.63, 3.8) is 0 Å². The lowest BCUT2D eigenvalue weighted by atomic mass is 10.3. The third-order valence-corrected chi connectivity index (χ3v) is 3.12. The van der Waals surface area contributed by atoms with Crippen LogP contribution in [0.5, 0.6) is 0 Å². The van der Waals surface area contributed by atoms with Crippen LogP contribution < -0.4 is 5.32 Å². The highest BCUT2D eigenvalue weighted by molar-refractivity contribution is 7.99. The SMILES string of the molecule is CCNc1cccc(CSC(C)(C)C)n1. The van der Waals surface area contributed by atoms with Gasteiger partial charge in [-0.2, -0.15) is 0 Å². The van der Waals surface area contributed by atoms with Crippen LogP contribution in [0.3, 0.4) is 0 Å². The fraction of sp³-hybridized carbons (Fsp3) is 0.583. The Hall–Kier alpha value is -0.700. The molecule has 1 aromatic rings. The van der Waals surface area contributed by atoms with E-state index in [9.17, 15) is 0 Å². The number of thioether (sulfide) groups is 1. The average molecular weight is 224 g/mol. The number of nitrogens with zero attached hydrogens (tertiary/aromatic N) is 1. The minimum absolute atomic E-state index is 0.301. The number of nitrogens with one attached hydrogen (secondary N) is 1. The lowest BCUT2D eigenvalue weighted by Crippen LogP contribution is -2.08. The van der Waals surface area contributed by atoms with Crippen LogP contribution in [0.1, 0.15) is 33.4 Å². The summed E-state index contributed by atoms with van der Waals surface area (Å²) < 4.78 is 0.301. The topological polar surface area (TPSA) is 24.9 Å². The molecule has 0 saturated carbocycles. The second-order valence-electron chi connectivity index (χ2n) is 4.45. The summed E-state index contributed by atoms with van der Waals surface area (Å²) >= 11 is 1.92. The van der Waals surface area contributed by atoms with Gasteiger partial charge >= 0.3 is 0 Å². The van der Waals surface area contributed by atoms with Gasteiger partial charge in [-0.25, -0.2) is 4.98 Å². The van der Waals surface area contributed by atoms with Crippen molar-refractivity contribution >= 4 is 17.6 Å². The molecule has 0 saturated heterocycles. The molecule has 0 atom stereocenters. The van der Waals surface area contributed by atoms with Crippen molar-refractivity contribution in [1.82, 2.24) is 4.98 Å². The van der Waals surface area contributed by atoms with Gasteiger partial charge in [0.25, 0.3) is 0 Å². The lowest BCUT2D eigenvalue weighted by molar-refractivity contribution is 0.801. The van der Waals surface area contributed by atoms with Crippen molar-refractivity contribution in [3.8, 4) is 0 Å². The molecule has 0 radical (unpaired) electrons. The highest BCUT2D eigenvalue weighted by Crippen LogP contribution is 2.26. The van der Waals surface area contributed by atoms with Gasteiger partial charge in [0.1, 0.15) is 5.82 Å². The Balaban J connectivity index is 2.57. The molecule has 0 bridgehead atoms. The van der Waals surface area contributed by atoms with E-state index in [2.05, 4.69) is 50.1 Å². The molecule has 3 heteroatoms. The molecular formula is C12H20N2S. The van der Waals surface area contributed by atoms with Crippen LogP contribution in [0.25, 0.3) is 0 Å². The number of rotatable bonds is 4. The maximum Gasteiger partial charge on any atom is 0.126 e. The third kappa shape index (κ3) is 5.07. The number of anilines is 1. The number of pyridine rings is 1. The smallest absolute Gasteiger partial charge is 0.126 e. The van der Waals surface area contributed by atoms with E-state index < -0.39 is 0 Å². The zero-order valence-electron chi connectivity index (χ0n) is 10.0. The van der Waals surface area contributed by atoms with Gasteiger partial charge in [0.05, 0.1) is 5.69 Å². The second-order valence-corrected chi connectivity index (χ2v) is 6.25. The summed E-state index contributed by atoms with van der Waals surface area (Å²) in [5.41, 5.74) is 1.15. The zero-order chi connectivity index (χ0) is 11.3. The zero-order valence-corrected chi connectivity index (χ0v) is 10.8. The highest BCUT2D eigenvalue weighted by Gasteiger charge is 2.10. The average Bonchev–Trinajstić information content (AvgIpc) is 2.15. The molecule has 1 N–H and O–H groups in total. The summed E-state index contributed by atoms with van der Waals surface area (Å²) in [4.78, 5) is 4.53. The molecule has 0 aliphatic carbocycles. The maximum absolute atomic E-state index is 4.53. The Morgan fingerprint density at radius 2 is 2.07 bits per heavy atom. The van der Waals surface area contributed by atoms with Crippen LogP contribution >= 0.6 is 11.8 Å². The number of hydrogen-bond acceptors (Lipinski definition) is 3. The monoisotopic (exact) mass is 224 g/mol. The lowest BCUT2D eigenvalue weighted by Gasteiger charge is -2.17. The van der Waals surface area contributed by atoms with Crippen LogP contribution in [-0.4, -0.2) is 16.3 Å². The van der Waals surface area contributed by atoms with Crippen LogP contribution in [0.15, 0.2) is 18.2 Å². The molecular weight excluding hydrogens is 204 g/mol. The quantitative estimate of drug-likeness (QED) is 0.846. The van der Waals surface area contributed by atoms with Crippen molar-refractivity contribution in [2.75, 3.05) is 11.9 Å². The third-order valence-electron chi connectivity index (χ3n) is 1.82. The summed E-state index contributed by atoms with van der Waals surface area (Å²) in [6.45, 7) is 9.69. The molecule has 1 aromatic heterocycles. The van der Waals surface area contributed by atoms with Crippen LogP contribution in [0, 0.1) is 0 Å². The van der Waals surface area contributed by atoms with E-state index in [0.29, 0.717) is 4.75 Å². The molecule has 0 fully saturated rings. The summed E-state index contributed by atoms with van der Waals surface area (Å²) in [6.07, 6.45) is 0. The summed E-state index contributed by atoms with van der Waals surface area (Å²) in [7, 11) is 0. The van der Waals surface area contributed by atoms with Gasteiger partial charge in [-0.1, -0.05) is 26.8 Å². The number of hydrogen-bond donors (Lipinski definition) is 1. The van der Waals surface area contributed by atoms with Gasteiger partial charge in [0.15, 0.2) is 0 Å². The van der Waals surface area contributed by atoms with Crippen LogP contribution in [0.2, 0.25) is 0 Å². The Morgan fingerprint density at radius 3 is 2.67 bits per heavy atom. The Labute approximate surface area is 96.9 Å². The predicted molar refractivity (Wildman–Crippen MR) is 69.4 cm³/mol. The van der Waals surface area contributed by atoms with E-state index in [1.165, 1.54) is 0 Å². The van der Waals surface area contributed by atoms with Crippen molar-refractivity contribution < 1.29 is 0 Å². The minimum Gasteiger partial charge on any atom is -0.370 e. The largest absolute Gasteiger partial charge is 0.370 e. The van der Waals surface area contributed by atoms with Gasteiger partial charge < -0.3 is 5.32 Å². The van der Waals surface area contributed by atoms with Gasteiger partial charge in [-0.3, -0.25) is 0 Å². The van der Waals surface area contributed by atoms with E-state index >= 15 is 0 Å². The Kier molecular flexibility index (Phi) is 4.45. The summed E-state index contributed by atoms with van der Waals surface area (Å²) in [5, 5.41) is 3.22. The highest BCUT2D eigenvalue weighted by atomic mass is 32.2.